The van der Waals surface area contributed by atoms with Crippen molar-refractivity contribution in [2.45, 2.75) is 58.4 Å². The molecule has 0 saturated heterocycles. The molecule has 2 aromatic carbocycles. The van der Waals surface area contributed by atoms with Crippen LogP contribution in [0.5, 0.6) is 5.75 Å². The molecule has 6 nitrogen and oxygen atoms in total. The molecule has 4 rings (SSSR count). The van der Waals surface area contributed by atoms with Gasteiger partial charge in [0.25, 0.3) is 0 Å². The molecular weight excluding hydrogens is 424 g/mol. The molecule has 1 saturated carbocycles. The number of carbonyl (C=O) groups excluding carboxylic acids is 1. The van der Waals surface area contributed by atoms with Gasteiger partial charge in [0.2, 0.25) is 5.91 Å². The standard InChI is InChI=1S/C28H36N4O2/c1-17-8-7-9-22(14-17)18(2)29-27-24-15-23(26(34-6)16-25(24)30-19(3)31-27)20-10-12-21(13-11-20)28(33)32(4)5/h7-9,14-16,18,20-21H,10-13H2,1-6H3,(H,29,30,31)/t18-,20-,21-/m1/s1. The number of ether oxygens (including phenoxy) is 1. The fourth-order valence-corrected chi connectivity index (χ4v) is 5.14. The van der Waals surface area contributed by atoms with Gasteiger partial charge in [-0.3, -0.25) is 4.79 Å². The van der Waals surface area contributed by atoms with Crippen molar-refractivity contribution in [3.05, 3.63) is 58.9 Å². The quantitative estimate of drug-likeness (QED) is 0.504. The Morgan fingerprint density at radius 1 is 1.09 bits per heavy atom. The first-order valence-corrected chi connectivity index (χ1v) is 12.2. The number of methoxy groups -OCH3 is 1. The lowest BCUT2D eigenvalue weighted by molar-refractivity contribution is -0.134. The van der Waals surface area contributed by atoms with Gasteiger partial charge in [0.05, 0.1) is 12.6 Å². The Bertz CT molecular complexity index is 1180. The number of aryl methyl sites for hydroxylation is 2. The molecule has 0 aliphatic heterocycles. The molecule has 0 unspecified atom stereocenters. The van der Waals surface area contributed by atoms with Gasteiger partial charge in [0.1, 0.15) is 17.4 Å². The summed E-state index contributed by atoms with van der Waals surface area (Å²) in [5.41, 5.74) is 4.53. The van der Waals surface area contributed by atoms with Crippen molar-refractivity contribution in [2.24, 2.45) is 5.92 Å². The smallest absolute Gasteiger partial charge is 0.225 e. The van der Waals surface area contributed by atoms with Crippen LogP contribution >= 0.6 is 0 Å². The summed E-state index contributed by atoms with van der Waals surface area (Å²) in [6, 6.07) is 12.9. The van der Waals surface area contributed by atoms with Crippen LogP contribution in [-0.4, -0.2) is 42.0 Å². The van der Waals surface area contributed by atoms with E-state index in [2.05, 4.69) is 49.5 Å². The first kappa shape index (κ1) is 24.0. The number of aromatic nitrogens is 2. The first-order chi connectivity index (χ1) is 16.3. The van der Waals surface area contributed by atoms with E-state index in [4.69, 9.17) is 14.7 Å². The molecule has 34 heavy (non-hydrogen) atoms. The van der Waals surface area contributed by atoms with E-state index in [0.29, 0.717) is 5.92 Å². The van der Waals surface area contributed by atoms with Gasteiger partial charge in [0.15, 0.2) is 0 Å². The predicted molar refractivity (Wildman–Crippen MR) is 137 cm³/mol. The van der Waals surface area contributed by atoms with E-state index in [-0.39, 0.29) is 17.9 Å². The zero-order valence-electron chi connectivity index (χ0n) is 21.2. The van der Waals surface area contributed by atoms with Crippen LogP contribution in [0, 0.1) is 19.8 Å². The second-order valence-corrected chi connectivity index (χ2v) is 9.79. The molecule has 1 atom stereocenters. The molecule has 1 amide bonds. The van der Waals surface area contributed by atoms with Crippen LogP contribution in [0.3, 0.4) is 0 Å². The van der Waals surface area contributed by atoms with Gasteiger partial charge in [-0.25, -0.2) is 9.97 Å². The third kappa shape index (κ3) is 5.01. The van der Waals surface area contributed by atoms with Crippen molar-refractivity contribution in [3.63, 3.8) is 0 Å². The van der Waals surface area contributed by atoms with Gasteiger partial charge in [0, 0.05) is 37.5 Å². The molecule has 0 radical (unpaired) electrons. The third-order valence-corrected chi connectivity index (χ3v) is 7.01. The van der Waals surface area contributed by atoms with E-state index in [1.54, 1.807) is 12.0 Å². The molecule has 1 aromatic heterocycles. The lowest BCUT2D eigenvalue weighted by atomic mass is 9.77. The van der Waals surface area contributed by atoms with Gasteiger partial charge in [-0.2, -0.15) is 0 Å². The minimum absolute atomic E-state index is 0.107. The van der Waals surface area contributed by atoms with Crippen LogP contribution in [0.1, 0.15) is 67.1 Å². The average Bonchev–Trinajstić information content (AvgIpc) is 2.82. The van der Waals surface area contributed by atoms with Gasteiger partial charge in [-0.1, -0.05) is 29.8 Å². The molecule has 1 heterocycles. The molecule has 3 aromatic rings. The highest BCUT2D eigenvalue weighted by Crippen LogP contribution is 2.42. The van der Waals surface area contributed by atoms with Crippen LogP contribution in [0.15, 0.2) is 36.4 Å². The topological polar surface area (TPSA) is 67.4 Å². The maximum Gasteiger partial charge on any atom is 0.225 e. The molecule has 1 fully saturated rings. The van der Waals surface area contributed by atoms with Gasteiger partial charge in [-0.15, -0.1) is 0 Å². The van der Waals surface area contributed by atoms with E-state index in [1.807, 2.05) is 27.1 Å². The number of nitrogens with zero attached hydrogens (tertiary/aromatic N) is 3. The number of benzene rings is 2. The monoisotopic (exact) mass is 460 g/mol. The highest BCUT2D eigenvalue weighted by molar-refractivity contribution is 5.91. The summed E-state index contributed by atoms with van der Waals surface area (Å²) >= 11 is 0. The first-order valence-electron chi connectivity index (χ1n) is 12.2. The summed E-state index contributed by atoms with van der Waals surface area (Å²) in [6.07, 6.45) is 3.76. The van der Waals surface area contributed by atoms with Crippen molar-refractivity contribution in [1.29, 1.82) is 0 Å². The summed E-state index contributed by atoms with van der Waals surface area (Å²) in [6.45, 7) is 6.19. The maximum atomic E-state index is 12.4. The van der Waals surface area contributed by atoms with E-state index >= 15 is 0 Å². The van der Waals surface area contributed by atoms with E-state index < -0.39 is 0 Å². The molecular formula is C28H36N4O2. The highest BCUT2D eigenvalue weighted by Gasteiger charge is 2.30. The van der Waals surface area contributed by atoms with Crippen LogP contribution in [-0.2, 0) is 4.79 Å². The lowest BCUT2D eigenvalue weighted by Gasteiger charge is -2.30. The predicted octanol–water partition coefficient (Wildman–Crippen LogP) is 5.79. The lowest BCUT2D eigenvalue weighted by Crippen LogP contribution is -2.32. The van der Waals surface area contributed by atoms with E-state index in [1.165, 1.54) is 16.7 Å². The van der Waals surface area contributed by atoms with E-state index in [0.717, 1.165) is 54.0 Å². The number of anilines is 1. The molecule has 180 valence electrons. The van der Waals surface area contributed by atoms with Crippen LogP contribution in [0.25, 0.3) is 10.9 Å². The minimum atomic E-state index is 0.107. The Morgan fingerprint density at radius 3 is 2.47 bits per heavy atom. The number of amides is 1. The SMILES string of the molecule is COc1cc2nc(C)nc(N[C@H](C)c3cccc(C)c3)c2cc1[C@H]1CC[C@H](C(=O)N(C)C)CC1. The largest absolute Gasteiger partial charge is 0.496 e. The van der Waals surface area contributed by atoms with Gasteiger partial charge < -0.3 is 15.0 Å². The Labute approximate surface area is 202 Å². The Balaban J connectivity index is 1.66. The Kier molecular flexibility index (Phi) is 7.05. The number of nitrogens with one attached hydrogen (secondary N) is 1. The molecule has 1 aliphatic carbocycles. The summed E-state index contributed by atoms with van der Waals surface area (Å²) in [5, 5.41) is 4.64. The Hall–Kier alpha value is -3.15. The van der Waals surface area contributed by atoms with Crippen molar-refractivity contribution in [2.75, 3.05) is 26.5 Å². The number of carbonyl (C=O) groups is 1. The highest BCUT2D eigenvalue weighted by atomic mass is 16.5. The van der Waals surface area contributed by atoms with Crippen LogP contribution < -0.4 is 10.1 Å². The fourth-order valence-electron chi connectivity index (χ4n) is 5.14. The van der Waals surface area contributed by atoms with Gasteiger partial charge >= 0.3 is 0 Å². The zero-order chi connectivity index (χ0) is 24.4. The maximum absolute atomic E-state index is 12.4. The van der Waals surface area contributed by atoms with Gasteiger partial charge in [-0.05, 0) is 69.6 Å². The van der Waals surface area contributed by atoms with Crippen molar-refractivity contribution >= 4 is 22.6 Å². The Morgan fingerprint density at radius 2 is 1.82 bits per heavy atom. The van der Waals surface area contributed by atoms with Crippen molar-refractivity contribution in [3.8, 4) is 5.75 Å². The number of hydrogen-bond acceptors (Lipinski definition) is 5. The molecule has 6 heteroatoms. The second-order valence-electron chi connectivity index (χ2n) is 9.79. The summed E-state index contributed by atoms with van der Waals surface area (Å²) < 4.78 is 5.81. The number of rotatable bonds is 6. The fraction of sp³-hybridized carbons (Fsp3) is 0.464. The number of hydrogen-bond donors (Lipinski definition) is 1. The van der Waals surface area contributed by atoms with Crippen molar-refractivity contribution in [1.82, 2.24) is 14.9 Å². The summed E-state index contributed by atoms with van der Waals surface area (Å²) in [5.74, 6) is 3.15. The normalized spacial score (nSPS) is 19.0. The average molecular weight is 461 g/mol. The molecule has 1 aliphatic rings. The summed E-state index contributed by atoms with van der Waals surface area (Å²) in [4.78, 5) is 23.6. The van der Waals surface area contributed by atoms with E-state index in [9.17, 15) is 4.79 Å². The van der Waals surface area contributed by atoms with Crippen LogP contribution in [0.4, 0.5) is 5.82 Å². The third-order valence-electron chi connectivity index (χ3n) is 7.01. The van der Waals surface area contributed by atoms with Crippen LogP contribution in [0.2, 0.25) is 0 Å². The minimum Gasteiger partial charge on any atom is -0.496 e. The molecule has 0 spiro atoms. The molecule has 1 N–H and O–H groups in total. The number of fused-ring (bicyclic) bond motifs is 1. The second kappa shape index (κ2) is 10.00. The molecule has 0 bridgehead atoms. The van der Waals surface area contributed by atoms with Crippen molar-refractivity contribution < 1.29 is 9.53 Å². The summed E-state index contributed by atoms with van der Waals surface area (Å²) in [7, 11) is 5.41. The zero-order valence-corrected chi connectivity index (χ0v) is 21.2.